The first-order valence-electron chi connectivity index (χ1n) is 8.39. The van der Waals surface area contributed by atoms with Crippen molar-refractivity contribution >= 4 is 27.7 Å². The van der Waals surface area contributed by atoms with E-state index in [9.17, 15) is 17.9 Å². The van der Waals surface area contributed by atoms with Gasteiger partial charge in [0.05, 0.1) is 28.1 Å². The number of nitrogens with two attached hydrogens (primary N) is 1. The molecule has 0 radical (unpaired) electrons. The molecule has 2 heterocycles. The second kappa shape index (κ2) is 7.80. The van der Waals surface area contributed by atoms with E-state index in [1.807, 2.05) is 19.1 Å². The SMILES string of the molecule is Cc1ccn2c(CC(O)CS[OH2+])c(-c3c(C)cc(S(N)(=O)=O)cc3F)nc2c1. The summed E-state index contributed by atoms with van der Waals surface area (Å²) in [5.41, 5.74) is 3.01. The van der Waals surface area contributed by atoms with E-state index in [1.165, 1.54) is 6.07 Å². The first-order valence-corrected chi connectivity index (χ1v) is 10.9. The summed E-state index contributed by atoms with van der Waals surface area (Å²) >= 11 is 0.768. The van der Waals surface area contributed by atoms with Crippen LogP contribution in [0.3, 0.4) is 0 Å². The Morgan fingerprint density at radius 3 is 2.68 bits per heavy atom. The monoisotopic (exact) mass is 426 g/mol. The van der Waals surface area contributed by atoms with Gasteiger partial charge in [-0.25, -0.2) is 22.9 Å². The van der Waals surface area contributed by atoms with Crippen LogP contribution in [0.5, 0.6) is 0 Å². The fourth-order valence-electron chi connectivity index (χ4n) is 3.15. The number of fused-ring (bicyclic) bond motifs is 1. The first-order chi connectivity index (χ1) is 13.1. The minimum atomic E-state index is -4.04. The minimum absolute atomic E-state index is 0.162. The van der Waals surface area contributed by atoms with Crippen LogP contribution in [0.25, 0.3) is 16.9 Å². The van der Waals surface area contributed by atoms with Crippen LogP contribution in [0.1, 0.15) is 16.8 Å². The van der Waals surface area contributed by atoms with Crippen LogP contribution in [-0.4, -0.2) is 39.3 Å². The second-order valence-corrected chi connectivity index (χ2v) is 8.83. The zero-order chi connectivity index (χ0) is 20.6. The number of hydrogen-bond donors (Lipinski definition) is 2. The molecule has 1 aromatic carbocycles. The van der Waals surface area contributed by atoms with E-state index in [4.69, 9.17) is 9.69 Å². The van der Waals surface area contributed by atoms with Gasteiger partial charge in [-0.1, -0.05) is 0 Å². The molecule has 0 amide bonds. The van der Waals surface area contributed by atoms with E-state index in [2.05, 4.69) is 4.98 Å². The third kappa shape index (κ3) is 4.06. The van der Waals surface area contributed by atoms with Gasteiger partial charge in [-0.2, -0.15) is 0 Å². The Labute approximate surface area is 166 Å². The molecule has 10 heteroatoms. The molecule has 1 unspecified atom stereocenters. The normalized spacial score (nSPS) is 13.2. The highest BCUT2D eigenvalue weighted by atomic mass is 32.2. The van der Waals surface area contributed by atoms with E-state index < -0.39 is 21.9 Å². The fourth-order valence-corrected chi connectivity index (χ4v) is 4.07. The Hall–Kier alpha value is -1.98. The average molecular weight is 427 g/mol. The average Bonchev–Trinajstić information content (AvgIpc) is 2.90. The van der Waals surface area contributed by atoms with Gasteiger partial charge in [0.1, 0.15) is 11.5 Å². The Morgan fingerprint density at radius 2 is 2.07 bits per heavy atom. The van der Waals surface area contributed by atoms with Crippen LogP contribution in [0.2, 0.25) is 0 Å². The van der Waals surface area contributed by atoms with E-state index in [1.54, 1.807) is 17.5 Å². The molecule has 0 aliphatic rings. The molecule has 0 saturated carbocycles. The van der Waals surface area contributed by atoms with Gasteiger partial charge in [0, 0.05) is 18.2 Å². The Morgan fingerprint density at radius 1 is 1.36 bits per heavy atom. The number of pyridine rings is 1. The molecule has 1 atom stereocenters. The van der Waals surface area contributed by atoms with Gasteiger partial charge in [-0.3, -0.25) is 0 Å². The lowest BCUT2D eigenvalue weighted by Crippen LogP contribution is -2.16. The van der Waals surface area contributed by atoms with Crippen molar-refractivity contribution in [3.8, 4) is 11.3 Å². The van der Waals surface area contributed by atoms with Crippen LogP contribution >= 0.6 is 12.0 Å². The standard InChI is InChI=1S/C18H20FN3O4S2/c1-10-3-4-22-15(7-12(23)9-27-24)18(21-16(22)5-10)17-11(2)6-13(8-14(17)19)28(20,25)26/h3-6,8,12,23-24H,7,9H2,1-2H3,(H2,20,25,26)/p+1. The summed E-state index contributed by atoms with van der Waals surface area (Å²) in [5.74, 6) is -0.556. The highest BCUT2D eigenvalue weighted by Crippen LogP contribution is 2.32. The summed E-state index contributed by atoms with van der Waals surface area (Å²) in [5, 5.41) is 15.3. The van der Waals surface area contributed by atoms with Crippen molar-refractivity contribution in [3.63, 3.8) is 0 Å². The summed E-state index contributed by atoms with van der Waals surface area (Å²) in [6.45, 7) is 3.49. The number of sulfonamides is 1. The lowest BCUT2D eigenvalue weighted by Gasteiger charge is -2.12. The van der Waals surface area contributed by atoms with Gasteiger partial charge in [-0.05, 0) is 49.2 Å². The smallest absolute Gasteiger partial charge is 0.238 e. The van der Waals surface area contributed by atoms with Crippen molar-refractivity contribution in [1.82, 2.24) is 9.38 Å². The number of primary sulfonamides is 1. The summed E-state index contributed by atoms with van der Waals surface area (Å²) in [4.78, 5) is 4.24. The Kier molecular flexibility index (Phi) is 5.78. The minimum Gasteiger partial charge on any atom is -0.392 e. The second-order valence-electron chi connectivity index (χ2n) is 6.65. The predicted octanol–water partition coefficient (Wildman–Crippen LogP) is 1.68. The maximum absolute atomic E-state index is 14.9. The number of halogens is 1. The molecule has 0 spiro atoms. The lowest BCUT2D eigenvalue weighted by atomic mass is 10.0. The summed E-state index contributed by atoms with van der Waals surface area (Å²) in [7, 11) is -4.04. The highest BCUT2D eigenvalue weighted by molar-refractivity contribution is 7.93. The number of aromatic nitrogens is 2. The summed E-state index contributed by atoms with van der Waals surface area (Å²) in [6.07, 6.45) is 1.15. The van der Waals surface area contributed by atoms with Gasteiger partial charge < -0.3 is 14.1 Å². The summed E-state index contributed by atoms with van der Waals surface area (Å²) < 4.78 is 47.1. The van der Waals surface area contributed by atoms with Crippen molar-refractivity contribution in [2.75, 3.05) is 5.75 Å². The van der Waals surface area contributed by atoms with E-state index in [-0.39, 0.29) is 22.6 Å². The Balaban J connectivity index is 2.25. The van der Waals surface area contributed by atoms with Gasteiger partial charge in [0.15, 0.2) is 12.0 Å². The van der Waals surface area contributed by atoms with E-state index in [0.29, 0.717) is 22.6 Å². The van der Waals surface area contributed by atoms with E-state index >= 15 is 0 Å². The molecule has 3 rings (SSSR count). The molecule has 28 heavy (non-hydrogen) atoms. The number of rotatable bonds is 6. The van der Waals surface area contributed by atoms with E-state index in [0.717, 1.165) is 23.7 Å². The van der Waals surface area contributed by atoms with Crippen LogP contribution in [-0.2, 0) is 16.4 Å². The molecule has 2 aromatic heterocycles. The quantitative estimate of drug-likeness (QED) is 0.459. The van der Waals surface area contributed by atoms with Crippen molar-refractivity contribution in [1.29, 1.82) is 0 Å². The van der Waals surface area contributed by atoms with Crippen LogP contribution in [0.15, 0.2) is 35.4 Å². The summed E-state index contributed by atoms with van der Waals surface area (Å²) in [6, 6.07) is 5.90. The number of aliphatic hydroxyl groups is 1. The number of benzene rings is 1. The van der Waals surface area contributed by atoms with Crippen LogP contribution in [0, 0.1) is 19.7 Å². The first kappa shape index (κ1) is 20.7. The van der Waals surface area contributed by atoms with Crippen molar-refractivity contribution in [2.45, 2.75) is 31.3 Å². The fraction of sp³-hybridized carbons (Fsp3) is 0.278. The Bertz CT molecular complexity index is 1120. The molecule has 5 N–H and O–H groups in total. The molecule has 7 nitrogen and oxygen atoms in total. The van der Waals surface area contributed by atoms with Crippen LogP contribution in [0.4, 0.5) is 4.39 Å². The molecular weight excluding hydrogens is 405 g/mol. The number of imidazole rings is 1. The molecule has 0 bridgehead atoms. The topological polar surface area (TPSA) is 121 Å². The number of aliphatic hydroxyl groups excluding tert-OH is 1. The van der Waals surface area contributed by atoms with Gasteiger partial charge >= 0.3 is 0 Å². The molecule has 3 aromatic rings. The zero-order valence-electron chi connectivity index (χ0n) is 15.3. The zero-order valence-corrected chi connectivity index (χ0v) is 16.9. The van der Waals surface area contributed by atoms with Crippen molar-refractivity contribution in [2.24, 2.45) is 5.14 Å². The largest absolute Gasteiger partial charge is 0.392 e. The molecule has 150 valence electrons. The third-order valence-corrected chi connectivity index (χ3v) is 5.86. The van der Waals surface area contributed by atoms with Crippen molar-refractivity contribution in [3.05, 3.63) is 53.1 Å². The van der Waals surface area contributed by atoms with Crippen molar-refractivity contribution < 1.29 is 22.5 Å². The molecule has 0 aliphatic carbocycles. The maximum atomic E-state index is 14.9. The highest BCUT2D eigenvalue weighted by Gasteiger charge is 2.23. The van der Waals surface area contributed by atoms with Gasteiger partial charge in [0.2, 0.25) is 10.0 Å². The third-order valence-electron chi connectivity index (χ3n) is 4.41. The van der Waals surface area contributed by atoms with Gasteiger partial charge in [-0.15, -0.1) is 0 Å². The molecular formula is C18H21FN3O4S2+. The number of nitrogens with zero attached hydrogens (tertiary/aromatic N) is 2. The lowest BCUT2D eigenvalue weighted by molar-refractivity contribution is 0.197. The molecule has 0 aliphatic heterocycles. The number of aryl methyl sites for hydroxylation is 2. The molecule has 0 fully saturated rings. The predicted molar refractivity (Wildman–Crippen MR) is 107 cm³/mol. The van der Waals surface area contributed by atoms with Gasteiger partial charge in [0.25, 0.3) is 0 Å². The number of hydrogen-bond acceptors (Lipinski definition) is 5. The molecule has 0 saturated heterocycles. The van der Waals surface area contributed by atoms with Crippen LogP contribution < -0.4 is 5.14 Å². The maximum Gasteiger partial charge on any atom is 0.238 e.